The first-order valence-corrected chi connectivity index (χ1v) is 11.4. The lowest BCUT2D eigenvalue weighted by molar-refractivity contribution is 0.0977. The number of aromatic nitrogens is 1. The summed E-state index contributed by atoms with van der Waals surface area (Å²) in [5.41, 5.74) is 3.33. The van der Waals surface area contributed by atoms with E-state index in [4.69, 9.17) is 21.7 Å². The van der Waals surface area contributed by atoms with E-state index in [1.54, 1.807) is 31.4 Å². The standard InChI is InChI=1S/C25H21N3O3S2/c1-30-20-11-7-18(8-12-20)22-16-33-25(26-22)28-24(32)27-23(29)19-9-13-21(14-10-19)31-15-17-5-3-2-4-6-17/h2-14,16H,15H2,1H3,(H2,26,27,28,29,32). The highest BCUT2D eigenvalue weighted by molar-refractivity contribution is 7.80. The molecule has 1 amide bonds. The van der Waals surface area contributed by atoms with Crippen LogP contribution >= 0.6 is 23.6 Å². The second kappa shape index (κ2) is 10.7. The number of nitrogens with zero attached hydrogens (tertiary/aromatic N) is 1. The molecular formula is C25H21N3O3S2. The van der Waals surface area contributed by atoms with Crippen molar-refractivity contribution >= 4 is 39.7 Å². The van der Waals surface area contributed by atoms with E-state index in [0.29, 0.717) is 23.1 Å². The zero-order chi connectivity index (χ0) is 23.0. The van der Waals surface area contributed by atoms with Gasteiger partial charge >= 0.3 is 0 Å². The highest BCUT2D eigenvalue weighted by Gasteiger charge is 2.11. The minimum absolute atomic E-state index is 0.181. The van der Waals surface area contributed by atoms with Gasteiger partial charge in [0, 0.05) is 16.5 Å². The third-order valence-electron chi connectivity index (χ3n) is 4.70. The van der Waals surface area contributed by atoms with Crippen molar-refractivity contribution in [3.8, 4) is 22.8 Å². The summed E-state index contributed by atoms with van der Waals surface area (Å²) in [4.78, 5) is 17.0. The molecule has 2 N–H and O–H groups in total. The Morgan fingerprint density at radius 1 is 0.970 bits per heavy atom. The van der Waals surface area contributed by atoms with Gasteiger partial charge in [-0.15, -0.1) is 11.3 Å². The van der Waals surface area contributed by atoms with Crippen molar-refractivity contribution < 1.29 is 14.3 Å². The summed E-state index contributed by atoms with van der Waals surface area (Å²) in [5.74, 6) is 1.16. The monoisotopic (exact) mass is 475 g/mol. The smallest absolute Gasteiger partial charge is 0.257 e. The number of hydrogen-bond acceptors (Lipinski definition) is 6. The third kappa shape index (κ3) is 6.15. The zero-order valence-corrected chi connectivity index (χ0v) is 19.4. The molecule has 33 heavy (non-hydrogen) atoms. The predicted octanol–water partition coefficient (Wildman–Crippen LogP) is 5.52. The van der Waals surface area contributed by atoms with Gasteiger partial charge in [-0.05, 0) is 66.3 Å². The molecule has 3 aromatic carbocycles. The Balaban J connectivity index is 1.29. The number of carbonyl (C=O) groups is 1. The minimum atomic E-state index is -0.311. The Hall–Kier alpha value is -3.75. The Bertz CT molecular complexity index is 1220. The molecule has 0 saturated carbocycles. The maximum Gasteiger partial charge on any atom is 0.257 e. The maximum absolute atomic E-state index is 12.5. The highest BCUT2D eigenvalue weighted by Crippen LogP contribution is 2.26. The van der Waals surface area contributed by atoms with Crippen LogP contribution in [-0.4, -0.2) is 23.1 Å². The first kappa shape index (κ1) is 22.4. The zero-order valence-electron chi connectivity index (χ0n) is 17.8. The molecule has 4 aromatic rings. The second-order valence-corrected chi connectivity index (χ2v) is 8.24. The summed E-state index contributed by atoms with van der Waals surface area (Å²) < 4.78 is 10.9. The molecule has 1 aromatic heterocycles. The van der Waals surface area contributed by atoms with E-state index >= 15 is 0 Å². The van der Waals surface area contributed by atoms with Gasteiger partial charge in [0.25, 0.3) is 5.91 Å². The fourth-order valence-electron chi connectivity index (χ4n) is 2.97. The predicted molar refractivity (Wildman–Crippen MR) is 135 cm³/mol. The van der Waals surface area contributed by atoms with E-state index in [1.165, 1.54) is 11.3 Å². The fraction of sp³-hybridized carbons (Fsp3) is 0.0800. The van der Waals surface area contributed by atoms with Gasteiger partial charge in [-0.1, -0.05) is 30.3 Å². The lowest BCUT2D eigenvalue weighted by Gasteiger charge is -2.09. The number of nitrogens with one attached hydrogen (secondary N) is 2. The maximum atomic E-state index is 12.5. The molecule has 4 rings (SSSR count). The minimum Gasteiger partial charge on any atom is -0.497 e. The number of anilines is 1. The number of thiazole rings is 1. The van der Waals surface area contributed by atoms with Gasteiger partial charge < -0.3 is 14.8 Å². The van der Waals surface area contributed by atoms with Crippen molar-refractivity contribution in [2.45, 2.75) is 6.61 Å². The van der Waals surface area contributed by atoms with Crippen LogP contribution in [0.2, 0.25) is 0 Å². The summed E-state index contributed by atoms with van der Waals surface area (Å²) in [5, 5.41) is 8.33. The van der Waals surface area contributed by atoms with Crippen LogP contribution in [0.3, 0.4) is 0 Å². The van der Waals surface area contributed by atoms with Crippen LogP contribution in [0.1, 0.15) is 15.9 Å². The lowest BCUT2D eigenvalue weighted by atomic mass is 10.2. The van der Waals surface area contributed by atoms with Crippen LogP contribution in [0.4, 0.5) is 5.13 Å². The molecule has 166 valence electrons. The van der Waals surface area contributed by atoms with Crippen LogP contribution in [0.15, 0.2) is 84.2 Å². The number of thiocarbonyl (C=S) groups is 1. The fourth-order valence-corrected chi connectivity index (χ4v) is 3.95. The van der Waals surface area contributed by atoms with Gasteiger partial charge in [-0.25, -0.2) is 4.98 Å². The molecule has 0 bridgehead atoms. The van der Waals surface area contributed by atoms with Gasteiger partial charge in [-0.3, -0.25) is 10.1 Å². The van der Waals surface area contributed by atoms with E-state index in [2.05, 4.69) is 15.6 Å². The van der Waals surface area contributed by atoms with Gasteiger partial charge in [0.05, 0.1) is 12.8 Å². The normalized spacial score (nSPS) is 10.3. The quantitative estimate of drug-likeness (QED) is 0.343. The average Bonchev–Trinajstić information content (AvgIpc) is 3.32. The first-order chi connectivity index (χ1) is 16.1. The van der Waals surface area contributed by atoms with Crippen molar-refractivity contribution in [3.63, 3.8) is 0 Å². The highest BCUT2D eigenvalue weighted by atomic mass is 32.1. The molecule has 0 spiro atoms. The summed E-state index contributed by atoms with van der Waals surface area (Å²) in [6.07, 6.45) is 0. The van der Waals surface area contributed by atoms with E-state index in [1.807, 2.05) is 60.0 Å². The van der Waals surface area contributed by atoms with E-state index in [0.717, 1.165) is 22.6 Å². The largest absolute Gasteiger partial charge is 0.497 e. The Kier molecular flexibility index (Phi) is 7.29. The molecule has 0 fully saturated rings. The van der Waals surface area contributed by atoms with Gasteiger partial charge in [0.2, 0.25) is 0 Å². The lowest BCUT2D eigenvalue weighted by Crippen LogP contribution is -2.34. The van der Waals surface area contributed by atoms with Crippen LogP contribution in [-0.2, 0) is 6.61 Å². The van der Waals surface area contributed by atoms with Crippen molar-refractivity contribution in [3.05, 3.63) is 95.4 Å². The van der Waals surface area contributed by atoms with Crippen LogP contribution in [0, 0.1) is 0 Å². The topological polar surface area (TPSA) is 72.5 Å². The number of ether oxygens (including phenoxy) is 2. The molecule has 0 aliphatic heterocycles. The van der Waals surface area contributed by atoms with E-state index in [-0.39, 0.29) is 11.0 Å². The van der Waals surface area contributed by atoms with Gasteiger partial charge in [0.15, 0.2) is 10.2 Å². The second-order valence-electron chi connectivity index (χ2n) is 6.97. The van der Waals surface area contributed by atoms with Crippen LogP contribution in [0.25, 0.3) is 11.3 Å². The molecule has 0 aliphatic rings. The molecule has 1 heterocycles. The number of amides is 1. The SMILES string of the molecule is COc1ccc(-c2csc(NC(=S)NC(=O)c3ccc(OCc4ccccc4)cc3)n2)cc1. The molecule has 0 radical (unpaired) electrons. The van der Waals surface area contributed by atoms with Gasteiger partial charge in [0.1, 0.15) is 18.1 Å². The molecular weight excluding hydrogens is 454 g/mol. The van der Waals surface area contributed by atoms with Crippen LogP contribution in [0.5, 0.6) is 11.5 Å². The molecule has 0 atom stereocenters. The first-order valence-electron chi connectivity index (χ1n) is 10.1. The number of hydrogen-bond donors (Lipinski definition) is 2. The summed E-state index contributed by atoms with van der Waals surface area (Å²) in [7, 11) is 1.63. The van der Waals surface area contributed by atoms with Crippen molar-refractivity contribution in [1.82, 2.24) is 10.3 Å². The molecule has 0 unspecified atom stereocenters. The van der Waals surface area contributed by atoms with Gasteiger partial charge in [-0.2, -0.15) is 0 Å². The number of methoxy groups -OCH3 is 1. The van der Waals surface area contributed by atoms with E-state index < -0.39 is 0 Å². The van der Waals surface area contributed by atoms with Crippen LogP contribution < -0.4 is 20.1 Å². The Morgan fingerprint density at radius 3 is 2.36 bits per heavy atom. The molecule has 0 saturated heterocycles. The summed E-state index contributed by atoms with van der Waals surface area (Å²) in [6.45, 7) is 0.465. The molecule has 8 heteroatoms. The number of rotatable bonds is 7. The summed E-state index contributed by atoms with van der Waals surface area (Å²) in [6, 6.07) is 24.4. The van der Waals surface area contributed by atoms with Crippen molar-refractivity contribution in [1.29, 1.82) is 0 Å². The number of carbonyl (C=O) groups excluding carboxylic acids is 1. The molecule has 0 aliphatic carbocycles. The Morgan fingerprint density at radius 2 is 1.67 bits per heavy atom. The van der Waals surface area contributed by atoms with Crippen molar-refractivity contribution in [2.24, 2.45) is 0 Å². The molecule has 6 nitrogen and oxygen atoms in total. The summed E-state index contributed by atoms with van der Waals surface area (Å²) >= 11 is 6.68. The average molecular weight is 476 g/mol. The third-order valence-corrected chi connectivity index (χ3v) is 5.66. The van der Waals surface area contributed by atoms with Crippen molar-refractivity contribution in [2.75, 3.05) is 12.4 Å². The van der Waals surface area contributed by atoms with E-state index in [9.17, 15) is 4.79 Å². The number of benzene rings is 3. The Labute approximate surface area is 201 Å².